The van der Waals surface area contributed by atoms with Crippen molar-refractivity contribution >= 4 is 35.9 Å². The van der Waals surface area contributed by atoms with Crippen molar-refractivity contribution in [2.45, 2.75) is 78.0 Å². The molecule has 1 atom stereocenters. The number of Topliss-reactive ketones (excluding diaryl/α,β-unsaturated/α-hetero) is 1. The van der Waals surface area contributed by atoms with Crippen molar-refractivity contribution in [2.75, 3.05) is 26.4 Å². The maximum atomic E-state index is 13.0. The Kier molecular flexibility index (Phi) is 11.7. The Hall–Kier alpha value is -1.12. The molecule has 2 rings (SSSR count). The highest BCUT2D eigenvalue weighted by molar-refractivity contribution is 7.99. The van der Waals surface area contributed by atoms with Gasteiger partial charge in [-0.05, 0) is 63.5 Å². The standard InChI is InChI=1S/C23H40N4O3S.ClH/c1-15(2)14-18(19(28)21-25-26-22(30-21)31-13-12-27(6)7)24-20(29)16-8-10-17(11-9-16)23(3,4)5;/h15-18H,8-14H2,1-7H3,(H,24,29);1H. The summed E-state index contributed by atoms with van der Waals surface area (Å²) >= 11 is 1.43. The van der Waals surface area contributed by atoms with Gasteiger partial charge in [0.1, 0.15) is 0 Å². The fraction of sp³-hybridized carbons (Fsp3) is 0.826. The summed E-state index contributed by atoms with van der Waals surface area (Å²) in [5.41, 5.74) is 0.276. The number of carbonyl (C=O) groups excluding carboxylic acids is 2. The molecular formula is C23H41ClN4O3S. The van der Waals surface area contributed by atoms with Crippen LogP contribution < -0.4 is 5.32 Å². The van der Waals surface area contributed by atoms with E-state index in [4.69, 9.17) is 4.42 Å². The Morgan fingerprint density at radius 2 is 1.78 bits per heavy atom. The number of hydrogen-bond acceptors (Lipinski definition) is 7. The smallest absolute Gasteiger partial charge is 0.286 e. The van der Waals surface area contributed by atoms with Crippen LogP contribution in [0.1, 0.15) is 77.4 Å². The van der Waals surface area contributed by atoms with Crippen molar-refractivity contribution in [2.24, 2.45) is 23.2 Å². The highest BCUT2D eigenvalue weighted by Crippen LogP contribution is 2.39. The van der Waals surface area contributed by atoms with E-state index in [0.717, 1.165) is 38.0 Å². The molecule has 1 N–H and O–H groups in total. The first-order valence-electron chi connectivity index (χ1n) is 11.4. The average Bonchev–Trinajstić information content (AvgIpc) is 3.14. The molecule has 1 saturated carbocycles. The Morgan fingerprint density at radius 1 is 1.16 bits per heavy atom. The fourth-order valence-corrected chi connectivity index (χ4v) is 4.91. The minimum Gasteiger partial charge on any atom is -0.408 e. The summed E-state index contributed by atoms with van der Waals surface area (Å²) in [5, 5.41) is 11.3. The molecule has 1 aliphatic rings. The summed E-state index contributed by atoms with van der Waals surface area (Å²) in [6, 6.07) is -0.632. The average molecular weight is 489 g/mol. The molecule has 1 aromatic rings. The number of nitrogens with zero attached hydrogens (tertiary/aromatic N) is 3. The second kappa shape index (κ2) is 12.9. The molecule has 1 amide bonds. The molecular weight excluding hydrogens is 448 g/mol. The van der Waals surface area contributed by atoms with E-state index in [1.54, 1.807) is 0 Å². The molecule has 0 spiro atoms. The van der Waals surface area contributed by atoms with Gasteiger partial charge in [0.15, 0.2) is 0 Å². The van der Waals surface area contributed by atoms with Gasteiger partial charge in [0, 0.05) is 18.2 Å². The second-order valence-electron chi connectivity index (χ2n) is 10.5. The lowest BCUT2D eigenvalue weighted by molar-refractivity contribution is -0.127. The quantitative estimate of drug-likeness (QED) is 0.376. The molecule has 9 heteroatoms. The summed E-state index contributed by atoms with van der Waals surface area (Å²) in [6.45, 7) is 11.8. The minimum atomic E-state index is -0.632. The Labute approximate surface area is 203 Å². The first-order chi connectivity index (χ1) is 14.5. The third-order valence-corrected chi connectivity index (χ3v) is 6.84. The monoisotopic (exact) mass is 488 g/mol. The van der Waals surface area contributed by atoms with Gasteiger partial charge < -0.3 is 14.6 Å². The van der Waals surface area contributed by atoms with Crippen LogP contribution in [0.3, 0.4) is 0 Å². The van der Waals surface area contributed by atoms with Crippen molar-refractivity contribution in [1.82, 2.24) is 20.4 Å². The van der Waals surface area contributed by atoms with Gasteiger partial charge in [0.05, 0.1) is 6.04 Å². The summed E-state index contributed by atoms with van der Waals surface area (Å²) in [4.78, 5) is 28.1. The first kappa shape index (κ1) is 28.9. The van der Waals surface area contributed by atoms with Crippen molar-refractivity contribution in [3.63, 3.8) is 0 Å². The lowest BCUT2D eigenvalue weighted by Gasteiger charge is -2.36. The number of nitrogens with one attached hydrogen (secondary N) is 1. The fourth-order valence-electron chi connectivity index (χ4n) is 4.05. The van der Waals surface area contributed by atoms with E-state index in [9.17, 15) is 9.59 Å². The van der Waals surface area contributed by atoms with Gasteiger partial charge in [-0.1, -0.05) is 46.4 Å². The molecule has 0 saturated heterocycles. The number of carbonyl (C=O) groups is 2. The molecule has 0 radical (unpaired) electrons. The second-order valence-corrected chi connectivity index (χ2v) is 11.5. The van der Waals surface area contributed by atoms with Crippen molar-refractivity contribution < 1.29 is 14.0 Å². The summed E-state index contributed by atoms with van der Waals surface area (Å²) < 4.78 is 5.59. The highest BCUT2D eigenvalue weighted by atomic mass is 35.5. The number of amides is 1. The van der Waals surface area contributed by atoms with Crippen molar-refractivity contribution in [3.05, 3.63) is 5.89 Å². The molecule has 1 fully saturated rings. The topological polar surface area (TPSA) is 88.3 Å². The molecule has 1 aliphatic carbocycles. The summed E-state index contributed by atoms with van der Waals surface area (Å²) in [7, 11) is 4.00. The van der Waals surface area contributed by atoms with E-state index < -0.39 is 6.04 Å². The summed E-state index contributed by atoms with van der Waals surface area (Å²) in [5.74, 6) is 1.33. The molecule has 1 unspecified atom stereocenters. The van der Waals surface area contributed by atoms with Gasteiger partial charge in [0.25, 0.3) is 11.1 Å². The van der Waals surface area contributed by atoms with Crippen molar-refractivity contribution in [3.8, 4) is 0 Å². The van der Waals surface area contributed by atoms with Crippen LogP contribution >= 0.6 is 24.2 Å². The predicted molar refractivity (Wildman–Crippen MR) is 131 cm³/mol. The molecule has 0 aromatic carbocycles. The molecule has 1 aromatic heterocycles. The number of halogens is 1. The molecule has 184 valence electrons. The van der Waals surface area contributed by atoms with Crippen LogP contribution in [0, 0.1) is 23.2 Å². The van der Waals surface area contributed by atoms with E-state index in [1.165, 1.54) is 11.8 Å². The van der Waals surface area contributed by atoms with Crippen LogP contribution in [0.25, 0.3) is 0 Å². The summed E-state index contributed by atoms with van der Waals surface area (Å²) in [6.07, 6.45) is 4.42. The lowest BCUT2D eigenvalue weighted by atomic mass is 9.69. The van der Waals surface area contributed by atoms with Crippen LogP contribution in [0.5, 0.6) is 0 Å². The lowest BCUT2D eigenvalue weighted by Crippen LogP contribution is -2.45. The minimum absolute atomic E-state index is 0. The molecule has 1 heterocycles. The molecule has 0 aliphatic heterocycles. The number of thioether (sulfide) groups is 1. The highest BCUT2D eigenvalue weighted by Gasteiger charge is 2.34. The van der Waals surface area contributed by atoms with Gasteiger partial charge in [-0.25, -0.2) is 0 Å². The van der Waals surface area contributed by atoms with Crippen LogP contribution in [0.4, 0.5) is 0 Å². The maximum absolute atomic E-state index is 13.0. The van der Waals surface area contributed by atoms with Crippen molar-refractivity contribution in [1.29, 1.82) is 0 Å². The van der Waals surface area contributed by atoms with Gasteiger partial charge in [-0.15, -0.1) is 22.6 Å². The third kappa shape index (κ3) is 9.02. The van der Waals surface area contributed by atoms with Crippen LogP contribution in [-0.2, 0) is 4.79 Å². The third-order valence-electron chi connectivity index (χ3n) is 6.04. The molecule has 7 nitrogen and oxygen atoms in total. The van der Waals surface area contributed by atoms with Crippen LogP contribution in [-0.4, -0.2) is 59.2 Å². The van der Waals surface area contributed by atoms with Gasteiger partial charge in [-0.2, -0.15) is 0 Å². The van der Waals surface area contributed by atoms with Gasteiger partial charge >= 0.3 is 0 Å². The van der Waals surface area contributed by atoms with Crippen LogP contribution in [0.2, 0.25) is 0 Å². The zero-order valence-electron chi connectivity index (χ0n) is 20.6. The predicted octanol–water partition coefficient (Wildman–Crippen LogP) is 4.71. The van der Waals surface area contributed by atoms with Gasteiger partial charge in [-0.3, -0.25) is 9.59 Å². The van der Waals surface area contributed by atoms with Crippen LogP contribution in [0.15, 0.2) is 9.64 Å². The maximum Gasteiger partial charge on any atom is 0.286 e. The number of hydrogen-bond donors (Lipinski definition) is 1. The Bertz CT molecular complexity index is 725. The zero-order valence-corrected chi connectivity index (χ0v) is 22.3. The van der Waals surface area contributed by atoms with E-state index in [0.29, 0.717) is 17.6 Å². The van der Waals surface area contributed by atoms with E-state index in [2.05, 4.69) is 41.2 Å². The Balaban J connectivity index is 0.00000512. The largest absolute Gasteiger partial charge is 0.408 e. The van der Waals surface area contributed by atoms with Gasteiger partial charge in [0.2, 0.25) is 11.7 Å². The number of ketones is 1. The Morgan fingerprint density at radius 3 is 2.31 bits per heavy atom. The number of rotatable bonds is 10. The van der Waals surface area contributed by atoms with E-state index in [1.807, 2.05) is 27.9 Å². The molecule has 0 bridgehead atoms. The zero-order chi connectivity index (χ0) is 23.2. The van der Waals surface area contributed by atoms with E-state index >= 15 is 0 Å². The first-order valence-corrected chi connectivity index (χ1v) is 12.4. The van der Waals surface area contributed by atoms with E-state index in [-0.39, 0.29) is 47.2 Å². The molecule has 32 heavy (non-hydrogen) atoms. The SMILES string of the molecule is CC(C)CC(NC(=O)C1CCC(C(C)(C)C)CC1)C(=O)c1nnc(SCCN(C)C)o1.Cl. The number of aromatic nitrogens is 2. The normalized spacial score (nSPS) is 20.2.